The fourth-order valence-corrected chi connectivity index (χ4v) is 2.80. The third kappa shape index (κ3) is 12.5. The van der Waals surface area contributed by atoms with E-state index in [2.05, 4.69) is 20.8 Å². The smallest absolute Gasteiger partial charge is 0.0417 e. The first kappa shape index (κ1) is 18.0. The van der Waals surface area contributed by atoms with Crippen LogP contribution in [0.1, 0.15) is 111 Å². The normalized spacial score (nSPS) is 12.8. The van der Waals surface area contributed by atoms with Crippen molar-refractivity contribution in [3.05, 3.63) is 0 Å². The molecule has 0 radical (unpaired) electrons. The van der Waals surface area contributed by atoms with Gasteiger partial charge in [0.15, 0.2) is 0 Å². The highest BCUT2D eigenvalue weighted by molar-refractivity contribution is 4.59. The molecule has 0 aliphatic carbocycles. The second-order valence-corrected chi connectivity index (χ2v) is 6.03. The van der Waals surface area contributed by atoms with E-state index < -0.39 is 0 Å². The summed E-state index contributed by atoms with van der Waals surface area (Å²) in [5.41, 5.74) is 0. The second kappa shape index (κ2) is 15.1. The molecule has 0 bridgehead atoms. The van der Waals surface area contributed by atoms with Crippen molar-refractivity contribution >= 4 is 0 Å². The first-order valence-electron chi connectivity index (χ1n) is 8.85. The Labute approximate surface area is 117 Å². The van der Waals surface area contributed by atoms with E-state index in [9.17, 15) is 0 Å². The van der Waals surface area contributed by atoms with Gasteiger partial charge in [0.25, 0.3) is 0 Å². The van der Waals surface area contributed by atoms with E-state index in [0.29, 0.717) is 0 Å². The zero-order valence-electron chi connectivity index (χ0n) is 13.5. The van der Waals surface area contributed by atoms with Crippen molar-refractivity contribution in [2.24, 2.45) is 5.92 Å². The molecule has 1 unspecified atom stereocenters. The summed E-state index contributed by atoms with van der Waals surface area (Å²) in [6.45, 7) is 6.98. The van der Waals surface area contributed by atoms with Gasteiger partial charge in [0.2, 0.25) is 0 Å². The van der Waals surface area contributed by atoms with Crippen LogP contribution in [0, 0.1) is 5.92 Å². The Kier molecular flexibility index (Phi) is 15.1. The highest BCUT2D eigenvalue weighted by Gasteiger charge is 2.05. The molecule has 0 aromatic rings. The lowest BCUT2D eigenvalue weighted by Crippen LogP contribution is -1.99. The Morgan fingerprint density at radius 2 is 0.889 bits per heavy atom. The number of unbranched alkanes of at least 4 members (excludes halogenated alkanes) is 9. The maximum atomic E-state index is 2.38. The molecule has 110 valence electrons. The lowest BCUT2D eigenvalue weighted by molar-refractivity contribution is 0.393. The first-order valence-corrected chi connectivity index (χ1v) is 8.85. The highest BCUT2D eigenvalue weighted by Crippen LogP contribution is 2.21. The maximum absolute atomic E-state index is 2.38. The monoisotopic (exact) mass is 254 g/mol. The molecule has 0 aromatic heterocycles. The molecular formula is C18H38. The average Bonchev–Trinajstić information content (AvgIpc) is 2.40. The molecule has 0 amide bonds. The molecule has 0 fully saturated rings. The number of hydrogen-bond acceptors (Lipinski definition) is 0. The van der Waals surface area contributed by atoms with Crippen molar-refractivity contribution in [2.45, 2.75) is 111 Å². The molecule has 0 nitrogen and oxygen atoms in total. The van der Waals surface area contributed by atoms with E-state index in [4.69, 9.17) is 0 Å². The van der Waals surface area contributed by atoms with Crippen LogP contribution in [0.3, 0.4) is 0 Å². The van der Waals surface area contributed by atoms with Crippen molar-refractivity contribution < 1.29 is 0 Å². The van der Waals surface area contributed by atoms with Crippen LogP contribution in [0.25, 0.3) is 0 Å². The summed E-state index contributed by atoms with van der Waals surface area (Å²) in [6, 6.07) is 0. The molecule has 0 N–H and O–H groups in total. The van der Waals surface area contributed by atoms with Crippen LogP contribution in [-0.4, -0.2) is 0 Å². The van der Waals surface area contributed by atoms with Crippen molar-refractivity contribution in [1.82, 2.24) is 0 Å². The molecule has 0 rings (SSSR count). The van der Waals surface area contributed by atoms with Gasteiger partial charge in [-0.2, -0.15) is 0 Å². The average molecular weight is 255 g/mol. The van der Waals surface area contributed by atoms with Gasteiger partial charge in [-0.1, -0.05) is 111 Å². The van der Waals surface area contributed by atoms with Crippen molar-refractivity contribution in [3.8, 4) is 0 Å². The molecule has 18 heavy (non-hydrogen) atoms. The molecule has 0 aliphatic heterocycles. The van der Waals surface area contributed by atoms with E-state index in [1.165, 1.54) is 89.9 Å². The zero-order chi connectivity index (χ0) is 13.5. The van der Waals surface area contributed by atoms with Gasteiger partial charge in [0.05, 0.1) is 0 Å². The Balaban J connectivity index is 3.29. The molecule has 1 atom stereocenters. The minimum atomic E-state index is 1.03. The molecule has 0 saturated carbocycles. The van der Waals surface area contributed by atoms with Crippen LogP contribution in [0.4, 0.5) is 0 Å². The van der Waals surface area contributed by atoms with E-state index in [0.717, 1.165) is 5.92 Å². The van der Waals surface area contributed by atoms with Gasteiger partial charge in [-0.3, -0.25) is 0 Å². The van der Waals surface area contributed by atoms with Crippen molar-refractivity contribution in [2.75, 3.05) is 0 Å². The molecule has 0 aliphatic rings. The summed E-state index contributed by atoms with van der Waals surface area (Å²) < 4.78 is 0. The molecule has 0 heterocycles. The van der Waals surface area contributed by atoms with Gasteiger partial charge in [-0.05, 0) is 5.92 Å². The van der Waals surface area contributed by atoms with Gasteiger partial charge in [-0.25, -0.2) is 0 Å². The van der Waals surface area contributed by atoms with Crippen LogP contribution >= 0.6 is 0 Å². The molecule has 0 saturated heterocycles. The second-order valence-electron chi connectivity index (χ2n) is 6.03. The van der Waals surface area contributed by atoms with Crippen LogP contribution < -0.4 is 0 Å². The third-order valence-electron chi connectivity index (χ3n) is 4.26. The quantitative estimate of drug-likeness (QED) is 0.289. The van der Waals surface area contributed by atoms with E-state index >= 15 is 0 Å². The largest absolute Gasteiger partial charge is 0.0654 e. The highest BCUT2D eigenvalue weighted by atomic mass is 14.1. The molecule has 0 heteroatoms. The standard InChI is InChI=1S/C18H38/c1-4-7-9-11-13-15-17-18(6-3)16-14-12-10-8-5-2/h18H,4-17H2,1-3H3. The van der Waals surface area contributed by atoms with Crippen LogP contribution in [0.2, 0.25) is 0 Å². The number of rotatable bonds is 14. The summed E-state index contributed by atoms with van der Waals surface area (Å²) in [5, 5.41) is 0. The Hall–Kier alpha value is 0. The minimum Gasteiger partial charge on any atom is -0.0654 e. The predicted molar refractivity (Wildman–Crippen MR) is 85.2 cm³/mol. The maximum Gasteiger partial charge on any atom is -0.0417 e. The predicted octanol–water partition coefficient (Wildman–Crippen LogP) is 7.12. The summed E-state index contributed by atoms with van der Waals surface area (Å²) in [7, 11) is 0. The molecular weight excluding hydrogens is 216 g/mol. The first-order chi connectivity index (χ1) is 8.85. The van der Waals surface area contributed by atoms with Gasteiger partial charge >= 0.3 is 0 Å². The van der Waals surface area contributed by atoms with Crippen LogP contribution in [0.5, 0.6) is 0 Å². The van der Waals surface area contributed by atoms with Crippen LogP contribution in [0.15, 0.2) is 0 Å². The fraction of sp³-hybridized carbons (Fsp3) is 1.00. The van der Waals surface area contributed by atoms with Gasteiger partial charge < -0.3 is 0 Å². The summed E-state index contributed by atoms with van der Waals surface area (Å²) >= 11 is 0. The van der Waals surface area contributed by atoms with E-state index in [1.807, 2.05) is 0 Å². The third-order valence-corrected chi connectivity index (χ3v) is 4.26. The SMILES string of the molecule is CCCCCCCCC(CC)CCCCCCC. The lowest BCUT2D eigenvalue weighted by Gasteiger charge is -2.14. The lowest BCUT2D eigenvalue weighted by atomic mass is 9.92. The van der Waals surface area contributed by atoms with Gasteiger partial charge in [-0.15, -0.1) is 0 Å². The topological polar surface area (TPSA) is 0 Å². The van der Waals surface area contributed by atoms with Crippen molar-refractivity contribution in [3.63, 3.8) is 0 Å². The number of hydrogen-bond donors (Lipinski definition) is 0. The summed E-state index contributed by atoms with van der Waals surface area (Å²) in [4.78, 5) is 0. The van der Waals surface area contributed by atoms with Gasteiger partial charge in [0, 0.05) is 0 Å². The Bertz CT molecular complexity index is 139. The Morgan fingerprint density at radius 3 is 1.28 bits per heavy atom. The van der Waals surface area contributed by atoms with E-state index in [-0.39, 0.29) is 0 Å². The fourth-order valence-electron chi connectivity index (χ4n) is 2.80. The van der Waals surface area contributed by atoms with E-state index in [1.54, 1.807) is 0 Å². The minimum absolute atomic E-state index is 1.03. The molecule has 0 spiro atoms. The molecule has 0 aromatic carbocycles. The van der Waals surface area contributed by atoms with Gasteiger partial charge in [0.1, 0.15) is 0 Å². The van der Waals surface area contributed by atoms with Crippen molar-refractivity contribution in [1.29, 1.82) is 0 Å². The zero-order valence-corrected chi connectivity index (χ0v) is 13.5. The summed E-state index contributed by atoms with van der Waals surface area (Å²) in [6.07, 6.45) is 20.3. The Morgan fingerprint density at radius 1 is 0.500 bits per heavy atom. The van der Waals surface area contributed by atoms with Crippen LogP contribution in [-0.2, 0) is 0 Å². The summed E-state index contributed by atoms with van der Waals surface area (Å²) in [5.74, 6) is 1.03.